The molecule has 1 heterocycles. The van der Waals surface area contributed by atoms with E-state index in [1.165, 1.54) is 11.3 Å². The summed E-state index contributed by atoms with van der Waals surface area (Å²) in [6.45, 7) is 6.49. The number of aryl methyl sites for hydroxylation is 1. The van der Waals surface area contributed by atoms with E-state index in [1.54, 1.807) is 12.2 Å². The van der Waals surface area contributed by atoms with Crippen molar-refractivity contribution in [2.45, 2.75) is 20.8 Å². The number of carbonyl (C=O) groups excluding carboxylic acids is 2. The Balaban J connectivity index is 2.81. The zero-order chi connectivity index (χ0) is 15.1. The summed E-state index contributed by atoms with van der Waals surface area (Å²) in [4.78, 5) is 24.7. The zero-order valence-electron chi connectivity index (χ0n) is 12.0. The van der Waals surface area contributed by atoms with E-state index in [9.17, 15) is 9.59 Å². The number of aliphatic hydroxyl groups is 1. The molecule has 0 spiro atoms. The van der Waals surface area contributed by atoms with Gasteiger partial charge in [-0.15, -0.1) is 11.3 Å². The fourth-order valence-corrected chi connectivity index (χ4v) is 2.73. The lowest BCUT2D eigenvalue weighted by molar-refractivity contribution is -0.644. The lowest BCUT2D eigenvalue weighted by Gasteiger charge is -2.06. The van der Waals surface area contributed by atoms with Crippen molar-refractivity contribution in [1.82, 2.24) is 0 Å². The first-order valence-corrected chi connectivity index (χ1v) is 7.32. The van der Waals surface area contributed by atoms with Gasteiger partial charge >= 0.3 is 5.97 Å². The van der Waals surface area contributed by atoms with E-state index >= 15 is 0 Å². The minimum absolute atomic E-state index is 0.0264. The third kappa shape index (κ3) is 4.29. The van der Waals surface area contributed by atoms with Gasteiger partial charge in [-0.1, -0.05) is 0 Å². The van der Waals surface area contributed by atoms with Crippen LogP contribution in [0.1, 0.15) is 27.7 Å². The van der Waals surface area contributed by atoms with Crippen molar-refractivity contribution in [2.75, 3.05) is 31.6 Å². The molecule has 0 aromatic carbocycles. The number of ether oxygens (including phenoxy) is 1. The number of carbonyl (C=O) groups is 2. The Morgan fingerprint density at radius 2 is 2.10 bits per heavy atom. The van der Waals surface area contributed by atoms with Gasteiger partial charge in [-0.2, -0.15) is 0 Å². The standard InChI is InChI=1S/C13H20N2O4S/c1-4-19-13(18)11-8(2)9(3)20-12(11)15-10(17)7-14-5-6-16/h14,16H,4-7H2,1-3H3,(H,15,17)/p+1. The highest BCUT2D eigenvalue weighted by Crippen LogP contribution is 2.32. The molecule has 0 aliphatic heterocycles. The van der Waals surface area contributed by atoms with Crippen LogP contribution in [-0.4, -0.2) is 43.3 Å². The predicted molar refractivity (Wildman–Crippen MR) is 77.1 cm³/mol. The molecule has 4 N–H and O–H groups in total. The number of nitrogens with one attached hydrogen (secondary N) is 1. The maximum atomic E-state index is 11.9. The average molecular weight is 301 g/mol. The molecule has 1 rings (SSSR count). The van der Waals surface area contributed by atoms with Crippen molar-refractivity contribution >= 4 is 28.2 Å². The highest BCUT2D eigenvalue weighted by Gasteiger charge is 2.22. The van der Waals surface area contributed by atoms with Gasteiger partial charge in [-0.3, -0.25) is 4.79 Å². The zero-order valence-corrected chi connectivity index (χ0v) is 12.8. The Kier molecular flexibility index (Phi) is 6.63. The van der Waals surface area contributed by atoms with Crippen LogP contribution in [0.15, 0.2) is 0 Å². The lowest BCUT2D eigenvalue weighted by atomic mass is 10.1. The van der Waals surface area contributed by atoms with Crippen molar-refractivity contribution in [3.8, 4) is 0 Å². The second-order valence-corrected chi connectivity index (χ2v) is 5.49. The topological polar surface area (TPSA) is 92.2 Å². The predicted octanol–water partition coefficient (Wildman–Crippen LogP) is 0.0358. The molecule has 0 saturated heterocycles. The van der Waals surface area contributed by atoms with Crippen molar-refractivity contribution in [3.05, 3.63) is 16.0 Å². The Bertz CT molecular complexity index is 485. The number of hydrogen-bond donors (Lipinski definition) is 3. The van der Waals surface area contributed by atoms with E-state index in [0.717, 1.165) is 10.4 Å². The molecular formula is C13H21N2O4S+. The maximum absolute atomic E-state index is 11.9. The van der Waals surface area contributed by atoms with Gasteiger partial charge in [-0.05, 0) is 26.3 Å². The fourth-order valence-electron chi connectivity index (χ4n) is 1.67. The Morgan fingerprint density at radius 1 is 1.40 bits per heavy atom. The van der Waals surface area contributed by atoms with Crippen LogP contribution in [0.25, 0.3) is 0 Å². The van der Waals surface area contributed by atoms with E-state index in [1.807, 2.05) is 13.8 Å². The van der Waals surface area contributed by atoms with Gasteiger partial charge in [0.05, 0.1) is 25.3 Å². The molecule has 1 amide bonds. The number of anilines is 1. The highest BCUT2D eigenvalue weighted by molar-refractivity contribution is 7.16. The van der Waals surface area contributed by atoms with E-state index in [4.69, 9.17) is 9.84 Å². The maximum Gasteiger partial charge on any atom is 0.341 e. The smallest absolute Gasteiger partial charge is 0.341 e. The van der Waals surface area contributed by atoms with Crippen LogP contribution in [0.3, 0.4) is 0 Å². The van der Waals surface area contributed by atoms with Crippen molar-refractivity contribution in [2.24, 2.45) is 0 Å². The van der Waals surface area contributed by atoms with Crippen molar-refractivity contribution < 1.29 is 24.7 Å². The first-order chi connectivity index (χ1) is 9.51. The summed E-state index contributed by atoms with van der Waals surface area (Å²) in [5.41, 5.74) is 1.27. The number of esters is 1. The van der Waals surface area contributed by atoms with E-state index in [0.29, 0.717) is 23.7 Å². The minimum atomic E-state index is -0.413. The van der Waals surface area contributed by atoms with Crippen LogP contribution in [0, 0.1) is 13.8 Å². The summed E-state index contributed by atoms with van der Waals surface area (Å²) >= 11 is 1.37. The van der Waals surface area contributed by atoms with Gasteiger partial charge in [-0.25, -0.2) is 4.79 Å². The van der Waals surface area contributed by atoms with Crippen LogP contribution in [0.5, 0.6) is 0 Å². The number of hydrogen-bond acceptors (Lipinski definition) is 5. The van der Waals surface area contributed by atoms with Gasteiger partial charge in [0.2, 0.25) is 0 Å². The molecule has 1 aromatic rings. The quantitative estimate of drug-likeness (QED) is 0.489. The molecule has 0 radical (unpaired) electrons. The van der Waals surface area contributed by atoms with Crippen LogP contribution < -0.4 is 10.6 Å². The second-order valence-electron chi connectivity index (χ2n) is 4.26. The first-order valence-electron chi connectivity index (χ1n) is 6.50. The molecule has 112 valence electrons. The number of rotatable bonds is 7. The van der Waals surface area contributed by atoms with Gasteiger partial charge in [0.1, 0.15) is 5.00 Å². The summed E-state index contributed by atoms with van der Waals surface area (Å²) < 4.78 is 5.02. The third-order valence-electron chi connectivity index (χ3n) is 2.78. The first kappa shape index (κ1) is 16.6. The minimum Gasteiger partial charge on any atom is -0.462 e. The van der Waals surface area contributed by atoms with Crippen LogP contribution in [0.2, 0.25) is 0 Å². The summed E-state index contributed by atoms with van der Waals surface area (Å²) in [6, 6.07) is 0. The Hall–Kier alpha value is -1.44. The number of quaternary nitrogens is 1. The highest BCUT2D eigenvalue weighted by atomic mass is 32.1. The number of thiophene rings is 1. The number of aliphatic hydroxyl groups excluding tert-OH is 1. The molecule has 0 fully saturated rings. The average Bonchev–Trinajstić information content (AvgIpc) is 2.65. The summed E-state index contributed by atoms with van der Waals surface area (Å²) in [7, 11) is 0. The van der Waals surface area contributed by atoms with Gasteiger partial charge in [0, 0.05) is 4.88 Å². The molecule has 0 aliphatic rings. The van der Waals surface area contributed by atoms with E-state index < -0.39 is 5.97 Å². The molecule has 6 nitrogen and oxygen atoms in total. The van der Waals surface area contributed by atoms with Crippen LogP contribution in [-0.2, 0) is 9.53 Å². The SMILES string of the molecule is CCOC(=O)c1c(NC(=O)C[NH2+]CCO)sc(C)c1C. The molecule has 0 bridgehead atoms. The number of nitrogens with two attached hydrogens (primary N) is 1. The Morgan fingerprint density at radius 3 is 2.70 bits per heavy atom. The van der Waals surface area contributed by atoms with Gasteiger partial charge in [0.15, 0.2) is 6.54 Å². The second kappa shape index (κ2) is 7.98. The largest absolute Gasteiger partial charge is 0.462 e. The molecule has 7 heteroatoms. The molecule has 20 heavy (non-hydrogen) atoms. The summed E-state index contributed by atoms with van der Waals surface area (Å²) in [5, 5.41) is 13.6. The van der Waals surface area contributed by atoms with Crippen molar-refractivity contribution in [3.63, 3.8) is 0 Å². The molecule has 0 saturated carbocycles. The van der Waals surface area contributed by atoms with Crippen LogP contribution >= 0.6 is 11.3 Å². The van der Waals surface area contributed by atoms with Crippen molar-refractivity contribution in [1.29, 1.82) is 0 Å². The van der Waals surface area contributed by atoms with E-state index in [2.05, 4.69) is 5.32 Å². The monoisotopic (exact) mass is 301 g/mol. The summed E-state index contributed by atoms with van der Waals surface area (Å²) in [5.74, 6) is -0.616. The normalized spacial score (nSPS) is 10.4. The van der Waals surface area contributed by atoms with Gasteiger partial charge in [0.25, 0.3) is 5.91 Å². The number of amides is 1. The Labute approximate surface area is 122 Å². The molecule has 0 unspecified atom stereocenters. The van der Waals surface area contributed by atoms with E-state index in [-0.39, 0.29) is 19.1 Å². The van der Waals surface area contributed by atoms with Gasteiger partial charge < -0.3 is 20.5 Å². The molecular weight excluding hydrogens is 280 g/mol. The van der Waals surface area contributed by atoms with Crippen LogP contribution in [0.4, 0.5) is 5.00 Å². The third-order valence-corrected chi connectivity index (χ3v) is 3.90. The molecule has 1 aromatic heterocycles. The fraction of sp³-hybridized carbons (Fsp3) is 0.538. The lowest BCUT2D eigenvalue weighted by Crippen LogP contribution is -2.87. The molecule has 0 aliphatic carbocycles. The molecule has 0 atom stereocenters. The summed E-state index contributed by atoms with van der Waals surface area (Å²) in [6.07, 6.45) is 0.